The molecule has 9 heteroatoms. The maximum atomic E-state index is 12.3. The van der Waals surface area contributed by atoms with Crippen LogP contribution in [0.15, 0.2) is 18.2 Å². The number of hydrogen-bond acceptors (Lipinski definition) is 4. The zero-order valence-electron chi connectivity index (χ0n) is 12.5. The topological polar surface area (TPSA) is 66.7 Å². The molecule has 0 radical (unpaired) electrons. The monoisotopic (exact) mass is 331 g/mol. The number of aryl methyl sites for hydroxylation is 1. The average molecular weight is 331 g/mol. The Morgan fingerprint density at radius 1 is 1.26 bits per heavy atom. The van der Waals surface area contributed by atoms with Gasteiger partial charge in [-0.25, -0.2) is 0 Å². The molecule has 0 aromatic heterocycles. The molecule has 0 saturated carbocycles. The SMILES string of the molecule is Cc1ccc(C(=O)N2CCN(CC(F)(F)F)CC2)cc1[N+](=O)[O-]. The van der Waals surface area contributed by atoms with Gasteiger partial charge < -0.3 is 4.90 Å². The summed E-state index contributed by atoms with van der Waals surface area (Å²) in [5.74, 6) is -0.403. The second kappa shape index (κ2) is 6.53. The number of hydrogen-bond donors (Lipinski definition) is 0. The smallest absolute Gasteiger partial charge is 0.336 e. The molecular weight excluding hydrogens is 315 g/mol. The Hall–Kier alpha value is -2.16. The molecule has 2 rings (SSSR count). The molecule has 1 saturated heterocycles. The Morgan fingerprint density at radius 2 is 1.87 bits per heavy atom. The first-order chi connectivity index (χ1) is 10.7. The third kappa shape index (κ3) is 4.41. The number of halogens is 3. The van der Waals surface area contributed by atoms with E-state index in [1.165, 1.54) is 28.0 Å². The summed E-state index contributed by atoms with van der Waals surface area (Å²) < 4.78 is 37.0. The Kier molecular flexibility index (Phi) is 4.88. The van der Waals surface area contributed by atoms with Crippen LogP contribution in [0, 0.1) is 17.0 Å². The second-order valence-corrected chi connectivity index (χ2v) is 5.44. The van der Waals surface area contributed by atoms with Crippen molar-refractivity contribution in [1.29, 1.82) is 0 Å². The van der Waals surface area contributed by atoms with Crippen LogP contribution in [-0.2, 0) is 0 Å². The van der Waals surface area contributed by atoms with E-state index in [1.807, 2.05) is 0 Å². The van der Waals surface area contributed by atoms with Gasteiger partial charge in [0.2, 0.25) is 0 Å². The van der Waals surface area contributed by atoms with Crippen LogP contribution < -0.4 is 0 Å². The van der Waals surface area contributed by atoms with Crippen LogP contribution in [0.4, 0.5) is 18.9 Å². The van der Waals surface area contributed by atoms with Crippen LogP contribution in [0.25, 0.3) is 0 Å². The number of nitrogens with zero attached hydrogens (tertiary/aromatic N) is 3. The van der Waals surface area contributed by atoms with E-state index >= 15 is 0 Å². The Balaban J connectivity index is 2.03. The molecule has 1 aliphatic rings. The van der Waals surface area contributed by atoms with E-state index in [4.69, 9.17) is 0 Å². The van der Waals surface area contributed by atoms with Crippen molar-refractivity contribution < 1.29 is 22.9 Å². The summed E-state index contributed by atoms with van der Waals surface area (Å²) in [5.41, 5.74) is 0.472. The average Bonchev–Trinajstić information content (AvgIpc) is 2.46. The number of carbonyl (C=O) groups is 1. The lowest BCUT2D eigenvalue weighted by Crippen LogP contribution is -2.50. The Morgan fingerprint density at radius 3 is 2.39 bits per heavy atom. The summed E-state index contributed by atoms with van der Waals surface area (Å²) >= 11 is 0. The normalized spacial score (nSPS) is 16.4. The number of carbonyl (C=O) groups excluding carboxylic acids is 1. The van der Waals surface area contributed by atoms with Gasteiger partial charge in [0.25, 0.3) is 11.6 Å². The molecule has 6 nitrogen and oxygen atoms in total. The first-order valence-electron chi connectivity index (χ1n) is 7.01. The van der Waals surface area contributed by atoms with E-state index in [2.05, 4.69) is 0 Å². The number of rotatable bonds is 3. The zero-order chi connectivity index (χ0) is 17.2. The van der Waals surface area contributed by atoms with Gasteiger partial charge in [0.05, 0.1) is 11.5 Å². The number of benzene rings is 1. The Labute approximate surface area is 130 Å². The lowest BCUT2D eigenvalue weighted by atomic mass is 10.1. The first kappa shape index (κ1) is 17.2. The van der Waals surface area contributed by atoms with Crippen LogP contribution in [0.2, 0.25) is 0 Å². The molecule has 0 N–H and O–H groups in total. The summed E-state index contributed by atoms with van der Waals surface area (Å²) in [4.78, 5) is 25.3. The lowest BCUT2D eigenvalue weighted by Gasteiger charge is -2.35. The molecular formula is C14H16F3N3O3. The molecule has 126 valence electrons. The molecule has 1 heterocycles. The Bertz CT molecular complexity index is 611. The highest BCUT2D eigenvalue weighted by atomic mass is 19.4. The predicted molar refractivity (Wildman–Crippen MR) is 76.2 cm³/mol. The van der Waals surface area contributed by atoms with E-state index in [0.29, 0.717) is 5.56 Å². The van der Waals surface area contributed by atoms with Gasteiger partial charge in [-0.1, -0.05) is 6.07 Å². The van der Waals surface area contributed by atoms with Crippen LogP contribution in [0.1, 0.15) is 15.9 Å². The molecule has 1 aliphatic heterocycles. The van der Waals surface area contributed by atoms with Gasteiger partial charge in [0.15, 0.2) is 0 Å². The van der Waals surface area contributed by atoms with E-state index in [1.54, 1.807) is 6.92 Å². The number of alkyl halides is 3. The van der Waals surface area contributed by atoms with Crippen molar-refractivity contribution in [3.8, 4) is 0 Å². The van der Waals surface area contributed by atoms with Crippen LogP contribution in [0.5, 0.6) is 0 Å². The fraction of sp³-hybridized carbons (Fsp3) is 0.500. The van der Waals surface area contributed by atoms with Gasteiger partial charge in [0, 0.05) is 43.4 Å². The highest BCUT2D eigenvalue weighted by Crippen LogP contribution is 2.21. The van der Waals surface area contributed by atoms with Crippen molar-refractivity contribution in [2.75, 3.05) is 32.7 Å². The minimum Gasteiger partial charge on any atom is -0.336 e. The maximum Gasteiger partial charge on any atom is 0.401 e. The quantitative estimate of drug-likeness (QED) is 0.629. The second-order valence-electron chi connectivity index (χ2n) is 5.44. The fourth-order valence-corrected chi connectivity index (χ4v) is 2.48. The van der Waals surface area contributed by atoms with Crippen molar-refractivity contribution in [2.45, 2.75) is 13.1 Å². The molecule has 1 fully saturated rings. The molecule has 23 heavy (non-hydrogen) atoms. The van der Waals surface area contributed by atoms with Gasteiger partial charge in [-0.2, -0.15) is 13.2 Å². The zero-order valence-corrected chi connectivity index (χ0v) is 12.5. The molecule has 0 aliphatic carbocycles. The van der Waals surface area contributed by atoms with Crippen LogP contribution in [0.3, 0.4) is 0 Å². The summed E-state index contributed by atoms with van der Waals surface area (Å²) in [6.07, 6.45) is -4.26. The number of piperazine rings is 1. The standard InChI is InChI=1S/C14H16F3N3O3/c1-10-2-3-11(8-12(10)20(22)23)13(21)19-6-4-18(5-7-19)9-14(15,16)17/h2-3,8H,4-7,9H2,1H3. The van der Waals surface area contributed by atoms with Crippen molar-refractivity contribution in [3.05, 3.63) is 39.4 Å². The summed E-state index contributed by atoms with van der Waals surface area (Å²) in [6.45, 7) is 1.15. The van der Waals surface area contributed by atoms with E-state index < -0.39 is 23.6 Å². The molecule has 0 spiro atoms. The maximum absolute atomic E-state index is 12.3. The largest absolute Gasteiger partial charge is 0.401 e. The first-order valence-corrected chi connectivity index (χ1v) is 7.01. The highest BCUT2D eigenvalue weighted by Gasteiger charge is 2.33. The van der Waals surface area contributed by atoms with Crippen LogP contribution in [-0.4, -0.2) is 59.5 Å². The highest BCUT2D eigenvalue weighted by molar-refractivity contribution is 5.95. The predicted octanol–water partition coefficient (Wildman–Crippen LogP) is 2.22. The van der Waals surface area contributed by atoms with Gasteiger partial charge in [0.1, 0.15) is 0 Å². The number of nitro benzene ring substituents is 1. The summed E-state index contributed by atoms with van der Waals surface area (Å²) in [5, 5.41) is 10.9. The molecule has 0 bridgehead atoms. The summed E-state index contributed by atoms with van der Waals surface area (Å²) in [7, 11) is 0. The minimum absolute atomic E-state index is 0.124. The van der Waals surface area contributed by atoms with E-state index in [-0.39, 0.29) is 37.4 Å². The van der Waals surface area contributed by atoms with E-state index in [9.17, 15) is 28.1 Å². The number of nitro groups is 1. The van der Waals surface area contributed by atoms with Gasteiger partial charge in [-0.3, -0.25) is 19.8 Å². The fourth-order valence-electron chi connectivity index (χ4n) is 2.48. The molecule has 1 aromatic rings. The van der Waals surface area contributed by atoms with E-state index in [0.717, 1.165) is 0 Å². The molecule has 0 unspecified atom stereocenters. The van der Waals surface area contributed by atoms with Crippen LogP contribution >= 0.6 is 0 Å². The summed E-state index contributed by atoms with van der Waals surface area (Å²) in [6, 6.07) is 4.19. The van der Waals surface area contributed by atoms with Gasteiger partial charge >= 0.3 is 6.18 Å². The lowest BCUT2D eigenvalue weighted by molar-refractivity contribution is -0.385. The van der Waals surface area contributed by atoms with Gasteiger partial charge in [-0.15, -0.1) is 0 Å². The van der Waals surface area contributed by atoms with Crippen molar-refractivity contribution in [3.63, 3.8) is 0 Å². The van der Waals surface area contributed by atoms with Crippen molar-refractivity contribution in [2.24, 2.45) is 0 Å². The number of amides is 1. The molecule has 1 aromatic carbocycles. The third-order valence-corrected chi connectivity index (χ3v) is 3.72. The van der Waals surface area contributed by atoms with Gasteiger partial charge in [-0.05, 0) is 13.0 Å². The third-order valence-electron chi connectivity index (χ3n) is 3.72. The van der Waals surface area contributed by atoms with Crippen molar-refractivity contribution >= 4 is 11.6 Å². The molecule has 1 amide bonds. The van der Waals surface area contributed by atoms with Crippen molar-refractivity contribution in [1.82, 2.24) is 9.80 Å². The molecule has 0 atom stereocenters. The minimum atomic E-state index is -4.26.